The van der Waals surface area contributed by atoms with Gasteiger partial charge in [-0.1, -0.05) is 25.0 Å². The Hall–Kier alpha value is -1.20. The topological polar surface area (TPSA) is 40.6 Å². The molecule has 0 bridgehead atoms. The molecule has 1 aromatic carbocycles. The van der Waals surface area contributed by atoms with Crippen LogP contribution in [0.2, 0.25) is 0 Å². The molecule has 1 saturated carbocycles. The molecule has 2 fully saturated rings. The van der Waals surface area contributed by atoms with Crippen molar-refractivity contribution in [3.05, 3.63) is 29.8 Å². The van der Waals surface area contributed by atoms with Crippen LogP contribution in [0.5, 0.6) is 0 Å². The monoisotopic (exact) mass is 334 g/mol. The van der Waals surface area contributed by atoms with E-state index in [9.17, 15) is 9.00 Å². The van der Waals surface area contributed by atoms with Crippen molar-refractivity contribution in [1.82, 2.24) is 9.80 Å². The Morgan fingerprint density at radius 2 is 1.83 bits per heavy atom. The molecule has 1 aromatic rings. The summed E-state index contributed by atoms with van der Waals surface area (Å²) in [6, 6.07) is 7.88. The van der Waals surface area contributed by atoms with E-state index in [0.717, 1.165) is 37.0 Å². The maximum atomic E-state index is 12.4. The van der Waals surface area contributed by atoms with Crippen molar-refractivity contribution in [1.29, 1.82) is 0 Å². The highest BCUT2D eigenvalue weighted by molar-refractivity contribution is 7.84. The van der Waals surface area contributed by atoms with Gasteiger partial charge < -0.3 is 4.90 Å². The van der Waals surface area contributed by atoms with Gasteiger partial charge in [-0.3, -0.25) is 13.9 Å². The number of carbonyl (C=O) groups excluding carboxylic acids is 1. The van der Waals surface area contributed by atoms with Gasteiger partial charge in [0.15, 0.2) is 0 Å². The molecule has 1 unspecified atom stereocenters. The lowest BCUT2D eigenvalue weighted by molar-refractivity contribution is -0.136. The van der Waals surface area contributed by atoms with E-state index >= 15 is 0 Å². The summed E-state index contributed by atoms with van der Waals surface area (Å²) in [5.74, 6) is 1.00. The minimum absolute atomic E-state index is 0.273. The Morgan fingerprint density at radius 1 is 1.13 bits per heavy atom. The third kappa shape index (κ3) is 4.42. The molecule has 1 aliphatic carbocycles. The number of hydrogen-bond donors (Lipinski definition) is 0. The molecule has 126 valence electrons. The van der Waals surface area contributed by atoms with Crippen molar-refractivity contribution in [3.63, 3.8) is 0 Å². The fraction of sp³-hybridized carbons (Fsp3) is 0.611. The molecule has 1 saturated heterocycles. The average Bonchev–Trinajstić information content (AvgIpc) is 3.04. The number of rotatable bonds is 5. The number of benzene rings is 1. The molecule has 1 heterocycles. The van der Waals surface area contributed by atoms with Crippen LogP contribution in [0.1, 0.15) is 31.2 Å². The standard InChI is InChI=1S/C18H26N2O2S/c1-23(22)17-8-6-16(7-9-17)12-19-10-11-20(18(21)14-19)13-15-4-2-3-5-15/h6-9,15H,2-5,10-14H2,1H3. The van der Waals surface area contributed by atoms with E-state index in [2.05, 4.69) is 9.80 Å². The summed E-state index contributed by atoms with van der Waals surface area (Å²) in [5.41, 5.74) is 1.18. The first-order valence-electron chi connectivity index (χ1n) is 8.54. The minimum atomic E-state index is -0.932. The molecule has 1 amide bonds. The van der Waals surface area contributed by atoms with Gasteiger partial charge in [-0.15, -0.1) is 0 Å². The van der Waals surface area contributed by atoms with Gasteiger partial charge in [0.2, 0.25) is 5.91 Å². The zero-order valence-corrected chi connectivity index (χ0v) is 14.7. The molecule has 0 aromatic heterocycles. The molecule has 2 aliphatic rings. The molecule has 0 N–H and O–H groups in total. The maximum Gasteiger partial charge on any atom is 0.236 e. The average molecular weight is 334 g/mol. The number of piperazine rings is 1. The molecule has 3 rings (SSSR count). The Kier molecular flexibility index (Phi) is 5.49. The molecular weight excluding hydrogens is 308 g/mol. The molecule has 0 radical (unpaired) electrons. The predicted molar refractivity (Wildman–Crippen MR) is 92.6 cm³/mol. The van der Waals surface area contributed by atoms with Crippen LogP contribution in [0.3, 0.4) is 0 Å². The molecular formula is C18H26N2O2S. The van der Waals surface area contributed by atoms with Gasteiger partial charge in [0.1, 0.15) is 0 Å². The smallest absolute Gasteiger partial charge is 0.236 e. The molecule has 23 heavy (non-hydrogen) atoms. The Bertz CT molecular complexity index is 567. The summed E-state index contributed by atoms with van der Waals surface area (Å²) in [5, 5.41) is 0. The van der Waals surface area contributed by atoms with Crippen LogP contribution in [-0.2, 0) is 22.1 Å². The van der Waals surface area contributed by atoms with Crippen LogP contribution < -0.4 is 0 Å². The van der Waals surface area contributed by atoms with Gasteiger partial charge in [0, 0.05) is 48.1 Å². The van der Waals surface area contributed by atoms with Crippen LogP contribution in [0, 0.1) is 5.92 Å². The zero-order chi connectivity index (χ0) is 16.2. The fourth-order valence-corrected chi connectivity index (χ4v) is 4.15. The summed E-state index contributed by atoms with van der Waals surface area (Å²) in [7, 11) is -0.932. The molecule has 5 heteroatoms. The van der Waals surface area contributed by atoms with Crippen molar-refractivity contribution < 1.29 is 9.00 Å². The Morgan fingerprint density at radius 3 is 2.43 bits per heavy atom. The molecule has 0 spiro atoms. The molecule has 4 nitrogen and oxygen atoms in total. The van der Waals surface area contributed by atoms with E-state index in [0.29, 0.717) is 6.54 Å². The molecule has 1 atom stereocenters. The molecule has 1 aliphatic heterocycles. The van der Waals surface area contributed by atoms with Crippen LogP contribution in [0.4, 0.5) is 0 Å². The third-order valence-corrected chi connectivity index (χ3v) is 5.95. The van der Waals surface area contributed by atoms with E-state index in [1.165, 1.54) is 31.2 Å². The van der Waals surface area contributed by atoms with Crippen LogP contribution in [0.15, 0.2) is 29.2 Å². The van der Waals surface area contributed by atoms with E-state index in [4.69, 9.17) is 0 Å². The predicted octanol–water partition coefficient (Wildman–Crippen LogP) is 2.26. The SMILES string of the molecule is CS(=O)c1ccc(CN2CCN(CC3CCCC3)C(=O)C2)cc1. The highest BCUT2D eigenvalue weighted by Gasteiger charge is 2.27. The number of nitrogens with zero attached hydrogens (tertiary/aromatic N) is 2. The second-order valence-electron chi connectivity index (χ2n) is 6.80. The summed E-state index contributed by atoms with van der Waals surface area (Å²) in [6.07, 6.45) is 6.93. The summed E-state index contributed by atoms with van der Waals surface area (Å²) in [4.78, 5) is 17.5. The van der Waals surface area contributed by atoms with E-state index in [1.54, 1.807) is 6.26 Å². The van der Waals surface area contributed by atoms with Crippen molar-refractivity contribution in [2.24, 2.45) is 5.92 Å². The second kappa shape index (κ2) is 7.58. The summed E-state index contributed by atoms with van der Waals surface area (Å²) < 4.78 is 11.4. The summed E-state index contributed by atoms with van der Waals surface area (Å²) >= 11 is 0. The number of carbonyl (C=O) groups is 1. The quantitative estimate of drug-likeness (QED) is 0.829. The summed E-state index contributed by atoms with van der Waals surface area (Å²) in [6.45, 7) is 4.07. The van der Waals surface area contributed by atoms with Crippen molar-refractivity contribution in [3.8, 4) is 0 Å². The van der Waals surface area contributed by atoms with Crippen molar-refractivity contribution in [2.75, 3.05) is 32.4 Å². The van der Waals surface area contributed by atoms with Crippen molar-refractivity contribution in [2.45, 2.75) is 37.1 Å². The Balaban J connectivity index is 1.51. The lowest BCUT2D eigenvalue weighted by Crippen LogP contribution is -2.51. The zero-order valence-electron chi connectivity index (χ0n) is 13.9. The van der Waals surface area contributed by atoms with Gasteiger partial charge in [-0.25, -0.2) is 0 Å². The second-order valence-corrected chi connectivity index (χ2v) is 8.18. The van der Waals surface area contributed by atoms with Crippen LogP contribution in [0.25, 0.3) is 0 Å². The van der Waals surface area contributed by atoms with Gasteiger partial charge in [0.25, 0.3) is 0 Å². The normalized spacial score (nSPS) is 21.8. The Labute approximate surface area is 141 Å². The number of hydrogen-bond acceptors (Lipinski definition) is 3. The third-order valence-electron chi connectivity index (χ3n) is 5.01. The number of amides is 1. The van der Waals surface area contributed by atoms with Gasteiger partial charge in [-0.05, 0) is 36.5 Å². The largest absolute Gasteiger partial charge is 0.340 e. The van der Waals surface area contributed by atoms with Gasteiger partial charge in [0.05, 0.1) is 6.54 Å². The van der Waals surface area contributed by atoms with Gasteiger partial charge >= 0.3 is 0 Å². The van der Waals surface area contributed by atoms with Crippen molar-refractivity contribution >= 4 is 16.7 Å². The van der Waals surface area contributed by atoms with Crippen LogP contribution >= 0.6 is 0 Å². The van der Waals surface area contributed by atoms with E-state index < -0.39 is 10.8 Å². The first kappa shape index (κ1) is 16.7. The lowest BCUT2D eigenvalue weighted by Gasteiger charge is -2.35. The minimum Gasteiger partial charge on any atom is -0.340 e. The van der Waals surface area contributed by atoms with E-state index in [-0.39, 0.29) is 5.91 Å². The van der Waals surface area contributed by atoms with Crippen LogP contribution in [-0.4, -0.2) is 52.4 Å². The highest BCUT2D eigenvalue weighted by atomic mass is 32.2. The van der Waals surface area contributed by atoms with Gasteiger partial charge in [-0.2, -0.15) is 0 Å². The highest BCUT2D eigenvalue weighted by Crippen LogP contribution is 2.26. The lowest BCUT2D eigenvalue weighted by atomic mass is 10.1. The first-order chi connectivity index (χ1) is 11.1. The maximum absolute atomic E-state index is 12.4. The fourth-order valence-electron chi connectivity index (χ4n) is 3.63. The van der Waals surface area contributed by atoms with E-state index in [1.807, 2.05) is 24.3 Å². The first-order valence-corrected chi connectivity index (χ1v) is 10.1.